The zero-order chi connectivity index (χ0) is 9.80. The van der Waals surface area contributed by atoms with Crippen LogP contribution in [0.3, 0.4) is 0 Å². The monoisotopic (exact) mass is 220 g/mol. The van der Waals surface area contributed by atoms with Crippen LogP contribution in [0.25, 0.3) is 0 Å². The summed E-state index contributed by atoms with van der Waals surface area (Å²) in [7, 11) is 0. The van der Waals surface area contributed by atoms with E-state index in [-0.39, 0.29) is 0 Å². The van der Waals surface area contributed by atoms with Crippen molar-refractivity contribution in [2.24, 2.45) is 0 Å². The van der Waals surface area contributed by atoms with Crippen LogP contribution in [0.5, 0.6) is 0 Å². The van der Waals surface area contributed by atoms with Crippen molar-refractivity contribution < 1.29 is 4.79 Å². The minimum absolute atomic E-state index is 0.781. The quantitative estimate of drug-likeness (QED) is 0.733. The van der Waals surface area contributed by atoms with Crippen LogP contribution in [0.15, 0.2) is 51.6 Å². The lowest BCUT2D eigenvalue weighted by molar-refractivity contribution is 0.112. The van der Waals surface area contributed by atoms with Crippen LogP contribution in [-0.2, 0) is 0 Å². The molecule has 70 valence electrons. The van der Waals surface area contributed by atoms with Gasteiger partial charge in [-0.15, -0.1) is 11.3 Å². The fourth-order valence-corrected chi connectivity index (χ4v) is 2.81. The van der Waals surface area contributed by atoms with Gasteiger partial charge in [-0.05, 0) is 18.2 Å². The van der Waals surface area contributed by atoms with E-state index in [2.05, 4.69) is 12.1 Å². The van der Waals surface area contributed by atoms with Crippen molar-refractivity contribution in [3.05, 3.63) is 46.7 Å². The summed E-state index contributed by atoms with van der Waals surface area (Å²) >= 11 is 3.16. The molecular weight excluding hydrogens is 212 g/mol. The highest BCUT2D eigenvalue weighted by Gasteiger charge is 2.00. The SMILES string of the molecule is O=Cc1cc(Sc2ccccc2)cs1. The molecular formula is C11H8OS2. The van der Waals surface area contributed by atoms with E-state index in [0.717, 1.165) is 16.1 Å². The van der Waals surface area contributed by atoms with Crippen LogP contribution in [0, 0.1) is 0 Å². The Bertz CT molecular complexity index is 420. The first-order valence-electron chi connectivity index (χ1n) is 4.15. The van der Waals surface area contributed by atoms with E-state index in [9.17, 15) is 4.79 Å². The summed E-state index contributed by atoms with van der Waals surface area (Å²) in [6, 6.07) is 12.0. The summed E-state index contributed by atoms with van der Waals surface area (Å²) in [5, 5.41) is 2.00. The van der Waals surface area contributed by atoms with Gasteiger partial charge in [0.15, 0.2) is 6.29 Å². The molecule has 2 aromatic rings. The Morgan fingerprint density at radius 2 is 1.93 bits per heavy atom. The number of hydrogen-bond acceptors (Lipinski definition) is 3. The summed E-state index contributed by atoms with van der Waals surface area (Å²) in [6.07, 6.45) is 0.889. The molecule has 0 N–H and O–H groups in total. The van der Waals surface area contributed by atoms with Crippen molar-refractivity contribution in [2.75, 3.05) is 0 Å². The van der Waals surface area contributed by atoms with Crippen LogP contribution < -0.4 is 0 Å². The largest absolute Gasteiger partial charge is 0.297 e. The van der Waals surface area contributed by atoms with Crippen molar-refractivity contribution in [1.29, 1.82) is 0 Å². The Hall–Kier alpha value is -1.06. The van der Waals surface area contributed by atoms with Gasteiger partial charge in [0.25, 0.3) is 0 Å². The average Bonchev–Trinajstić information content (AvgIpc) is 2.67. The van der Waals surface area contributed by atoms with Crippen molar-refractivity contribution in [1.82, 2.24) is 0 Å². The van der Waals surface area contributed by atoms with Crippen molar-refractivity contribution in [3.8, 4) is 0 Å². The predicted molar refractivity (Wildman–Crippen MR) is 60.3 cm³/mol. The highest BCUT2D eigenvalue weighted by atomic mass is 32.2. The Labute approximate surface area is 90.8 Å². The predicted octanol–water partition coefficient (Wildman–Crippen LogP) is 3.71. The van der Waals surface area contributed by atoms with E-state index in [0.29, 0.717) is 0 Å². The minimum atomic E-state index is 0.781. The van der Waals surface area contributed by atoms with Gasteiger partial charge in [-0.25, -0.2) is 0 Å². The highest BCUT2D eigenvalue weighted by Crippen LogP contribution is 2.30. The summed E-state index contributed by atoms with van der Waals surface area (Å²) < 4.78 is 0. The number of aldehydes is 1. The maximum atomic E-state index is 10.5. The number of rotatable bonds is 3. The number of carbonyl (C=O) groups excluding carboxylic acids is 1. The van der Waals surface area contributed by atoms with Gasteiger partial charge in [0.1, 0.15) is 0 Å². The summed E-state index contributed by atoms with van der Waals surface area (Å²) in [5.74, 6) is 0. The van der Waals surface area contributed by atoms with Gasteiger partial charge in [0, 0.05) is 15.2 Å². The molecule has 0 atom stereocenters. The third-order valence-corrected chi connectivity index (χ3v) is 3.68. The second-order valence-electron chi connectivity index (χ2n) is 2.72. The average molecular weight is 220 g/mol. The fourth-order valence-electron chi connectivity index (χ4n) is 1.07. The lowest BCUT2D eigenvalue weighted by atomic mass is 10.4. The van der Waals surface area contributed by atoms with E-state index in [1.54, 1.807) is 11.8 Å². The van der Waals surface area contributed by atoms with E-state index in [1.807, 2.05) is 29.6 Å². The van der Waals surface area contributed by atoms with Crippen molar-refractivity contribution >= 4 is 29.4 Å². The van der Waals surface area contributed by atoms with E-state index in [1.165, 1.54) is 16.2 Å². The van der Waals surface area contributed by atoms with Gasteiger partial charge in [0.2, 0.25) is 0 Å². The Kier molecular flexibility index (Phi) is 3.01. The lowest BCUT2D eigenvalue weighted by Gasteiger charge is -1.96. The molecule has 0 aliphatic rings. The molecule has 0 amide bonds. The van der Waals surface area contributed by atoms with Crippen LogP contribution in [0.2, 0.25) is 0 Å². The molecule has 0 bridgehead atoms. The molecule has 0 saturated heterocycles. The number of carbonyl (C=O) groups is 1. The highest BCUT2D eigenvalue weighted by molar-refractivity contribution is 7.99. The van der Waals surface area contributed by atoms with Crippen LogP contribution in [0.1, 0.15) is 9.67 Å². The van der Waals surface area contributed by atoms with Gasteiger partial charge < -0.3 is 0 Å². The number of thiophene rings is 1. The molecule has 1 nitrogen and oxygen atoms in total. The minimum Gasteiger partial charge on any atom is -0.297 e. The van der Waals surface area contributed by atoms with E-state index >= 15 is 0 Å². The zero-order valence-corrected chi connectivity index (χ0v) is 8.98. The molecule has 0 aliphatic carbocycles. The van der Waals surface area contributed by atoms with E-state index in [4.69, 9.17) is 0 Å². The Balaban J connectivity index is 2.15. The maximum absolute atomic E-state index is 10.5. The van der Waals surface area contributed by atoms with Crippen LogP contribution >= 0.6 is 23.1 Å². The first kappa shape index (κ1) is 9.49. The van der Waals surface area contributed by atoms with Gasteiger partial charge in [-0.3, -0.25) is 4.79 Å². The molecule has 2 rings (SSSR count). The normalized spacial score (nSPS) is 10.0. The van der Waals surface area contributed by atoms with E-state index < -0.39 is 0 Å². The summed E-state index contributed by atoms with van der Waals surface area (Å²) in [6.45, 7) is 0. The second-order valence-corrected chi connectivity index (χ2v) is 4.81. The fraction of sp³-hybridized carbons (Fsp3) is 0. The third-order valence-electron chi connectivity index (χ3n) is 1.69. The zero-order valence-electron chi connectivity index (χ0n) is 7.34. The topological polar surface area (TPSA) is 17.1 Å². The molecule has 0 aliphatic heterocycles. The van der Waals surface area contributed by atoms with Crippen LogP contribution in [0.4, 0.5) is 0 Å². The molecule has 0 spiro atoms. The molecule has 0 unspecified atom stereocenters. The van der Waals surface area contributed by atoms with Gasteiger partial charge in [-0.2, -0.15) is 0 Å². The lowest BCUT2D eigenvalue weighted by Crippen LogP contribution is -1.69. The van der Waals surface area contributed by atoms with Gasteiger partial charge >= 0.3 is 0 Å². The number of hydrogen-bond donors (Lipinski definition) is 0. The summed E-state index contributed by atoms with van der Waals surface area (Å²) in [4.78, 5) is 13.6. The Morgan fingerprint density at radius 1 is 1.14 bits per heavy atom. The molecule has 0 radical (unpaired) electrons. The standard InChI is InChI=1S/C11H8OS2/c12-7-10-6-11(8-13-10)14-9-4-2-1-3-5-9/h1-8H. The smallest absolute Gasteiger partial charge is 0.160 e. The van der Waals surface area contributed by atoms with Crippen molar-refractivity contribution in [2.45, 2.75) is 9.79 Å². The maximum Gasteiger partial charge on any atom is 0.160 e. The second kappa shape index (κ2) is 4.44. The molecule has 0 fully saturated rings. The van der Waals surface area contributed by atoms with Crippen LogP contribution in [-0.4, -0.2) is 6.29 Å². The van der Waals surface area contributed by atoms with Gasteiger partial charge in [0.05, 0.1) is 4.88 Å². The molecule has 1 heterocycles. The number of benzene rings is 1. The molecule has 14 heavy (non-hydrogen) atoms. The van der Waals surface area contributed by atoms with Crippen molar-refractivity contribution in [3.63, 3.8) is 0 Å². The summed E-state index contributed by atoms with van der Waals surface area (Å²) in [5.41, 5.74) is 0. The first-order valence-corrected chi connectivity index (χ1v) is 5.85. The first-order chi connectivity index (χ1) is 6.88. The molecule has 1 aromatic carbocycles. The van der Waals surface area contributed by atoms with Gasteiger partial charge in [-0.1, -0.05) is 30.0 Å². The molecule has 0 saturated carbocycles. The molecule has 1 aromatic heterocycles. The Morgan fingerprint density at radius 3 is 2.57 bits per heavy atom. The third kappa shape index (κ3) is 2.25. The molecule has 3 heteroatoms.